The minimum atomic E-state index is -3.50. The third-order valence-corrected chi connectivity index (χ3v) is 4.48. The van der Waals surface area contributed by atoms with Crippen LogP contribution in [0.15, 0.2) is 23.2 Å². The van der Waals surface area contributed by atoms with Gasteiger partial charge in [-0.3, -0.25) is 0 Å². The first-order valence-electron chi connectivity index (χ1n) is 6.27. The van der Waals surface area contributed by atoms with Crippen LogP contribution in [-0.2, 0) is 14.8 Å². The van der Waals surface area contributed by atoms with Crippen LogP contribution in [0.4, 0.5) is 0 Å². The van der Waals surface area contributed by atoms with Gasteiger partial charge in [0.15, 0.2) is 0 Å². The molecule has 1 aliphatic carbocycles. The zero-order valence-electron chi connectivity index (χ0n) is 10.5. The topological polar surface area (TPSA) is 68.3 Å². The van der Waals surface area contributed by atoms with Gasteiger partial charge in [-0.1, -0.05) is 11.6 Å². The number of pyridine rings is 1. The maximum atomic E-state index is 11.9. The standard InChI is InChI=1S/C12H17ClN2O3S/c13-12-8-11(4-6-14-12)19(16,17)15-5-1-7-18-9-10-2-3-10/h4,6,8,10,15H,1-3,5,7,9H2. The summed E-state index contributed by atoms with van der Waals surface area (Å²) < 4.78 is 31.7. The fourth-order valence-electron chi connectivity index (χ4n) is 1.55. The van der Waals surface area contributed by atoms with Crippen molar-refractivity contribution in [2.45, 2.75) is 24.2 Å². The lowest BCUT2D eigenvalue weighted by Crippen LogP contribution is -2.25. The number of nitrogens with one attached hydrogen (secondary N) is 1. The zero-order chi connectivity index (χ0) is 13.7. The molecule has 0 atom stereocenters. The number of aromatic nitrogens is 1. The van der Waals surface area contributed by atoms with Crippen LogP contribution in [0.25, 0.3) is 0 Å². The summed E-state index contributed by atoms with van der Waals surface area (Å²) in [7, 11) is -3.50. The van der Waals surface area contributed by atoms with Gasteiger partial charge in [0.2, 0.25) is 10.0 Å². The lowest BCUT2D eigenvalue weighted by Gasteiger charge is -2.07. The minimum Gasteiger partial charge on any atom is -0.381 e. The SMILES string of the molecule is O=S(=O)(NCCCOCC1CC1)c1ccnc(Cl)c1. The second-order valence-corrected chi connectivity index (χ2v) is 6.74. The number of halogens is 1. The molecule has 1 aliphatic rings. The van der Waals surface area contributed by atoms with E-state index in [-0.39, 0.29) is 10.0 Å². The highest BCUT2D eigenvalue weighted by molar-refractivity contribution is 7.89. The van der Waals surface area contributed by atoms with Gasteiger partial charge in [-0.15, -0.1) is 0 Å². The van der Waals surface area contributed by atoms with Gasteiger partial charge < -0.3 is 4.74 Å². The monoisotopic (exact) mass is 304 g/mol. The molecule has 1 aromatic heterocycles. The van der Waals surface area contributed by atoms with Crippen molar-refractivity contribution in [2.75, 3.05) is 19.8 Å². The highest BCUT2D eigenvalue weighted by Crippen LogP contribution is 2.28. The Balaban J connectivity index is 1.71. The van der Waals surface area contributed by atoms with Gasteiger partial charge in [0, 0.05) is 26.0 Å². The molecule has 1 aromatic rings. The average molecular weight is 305 g/mol. The summed E-state index contributed by atoms with van der Waals surface area (Å²) in [6, 6.07) is 2.74. The molecule has 0 spiro atoms. The highest BCUT2D eigenvalue weighted by Gasteiger charge is 2.21. The van der Waals surface area contributed by atoms with Crippen LogP contribution in [0.5, 0.6) is 0 Å². The molecule has 1 fully saturated rings. The number of ether oxygens (including phenoxy) is 1. The maximum Gasteiger partial charge on any atom is 0.240 e. The van der Waals surface area contributed by atoms with Crippen molar-refractivity contribution in [3.63, 3.8) is 0 Å². The fourth-order valence-corrected chi connectivity index (χ4v) is 2.88. The Bertz CT molecular complexity index is 517. The van der Waals surface area contributed by atoms with E-state index in [1.807, 2.05) is 0 Å². The van der Waals surface area contributed by atoms with Crippen LogP contribution in [0.3, 0.4) is 0 Å². The van der Waals surface area contributed by atoms with Gasteiger partial charge in [-0.25, -0.2) is 18.1 Å². The van der Waals surface area contributed by atoms with Gasteiger partial charge in [0.1, 0.15) is 5.15 Å². The lowest BCUT2D eigenvalue weighted by molar-refractivity contribution is 0.123. The molecule has 0 radical (unpaired) electrons. The number of hydrogen-bond donors (Lipinski definition) is 1. The van der Waals surface area contributed by atoms with E-state index >= 15 is 0 Å². The maximum absolute atomic E-state index is 11.9. The smallest absolute Gasteiger partial charge is 0.240 e. The molecule has 0 bridgehead atoms. The van der Waals surface area contributed by atoms with E-state index in [9.17, 15) is 8.42 Å². The molecule has 0 aliphatic heterocycles. The first kappa shape index (κ1) is 14.7. The Kier molecular flexibility index (Phi) is 5.15. The van der Waals surface area contributed by atoms with E-state index in [2.05, 4.69) is 9.71 Å². The van der Waals surface area contributed by atoms with Crippen molar-refractivity contribution in [1.29, 1.82) is 0 Å². The van der Waals surface area contributed by atoms with Crippen LogP contribution in [-0.4, -0.2) is 33.2 Å². The molecule has 0 amide bonds. The van der Waals surface area contributed by atoms with E-state index in [0.29, 0.717) is 19.6 Å². The molecule has 1 heterocycles. The zero-order valence-corrected chi connectivity index (χ0v) is 12.1. The molecular weight excluding hydrogens is 288 g/mol. The third-order valence-electron chi connectivity index (χ3n) is 2.82. The first-order chi connectivity index (χ1) is 9.08. The Morgan fingerprint density at radius 3 is 2.95 bits per heavy atom. The average Bonchev–Trinajstić information content (AvgIpc) is 3.17. The number of rotatable bonds is 8. The molecule has 0 saturated heterocycles. The Labute approximate surface area is 118 Å². The highest BCUT2D eigenvalue weighted by atomic mass is 35.5. The summed E-state index contributed by atoms with van der Waals surface area (Å²) in [5, 5.41) is 0.163. The molecule has 7 heteroatoms. The summed E-state index contributed by atoms with van der Waals surface area (Å²) >= 11 is 5.67. The summed E-state index contributed by atoms with van der Waals surface area (Å²) in [6.45, 7) is 1.73. The van der Waals surface area contributed by atoms with E-state index in [1.54, 1.807) is 0 Å². The van der Waals surface area contributed by atoms with Crippen LogP contribution >= 0.6 is 11.6 Å². The normalized spacial score (nSPS) is 15.6. The molecule has 0 aromatic carbocycles. The van der Waals surface area contributed by atoms with Crippen molar-refractivity contribution in [2.24, 2.45) is 5.92 Å². The number of nitrogens with zero attached hydrogens (tertiary/aromatic N) is 1. The molecule has 106 valence electrons. The summed E-state index contributed by atoms with van der Waals surface area (Å²) in [5.41, 5.74) is 0. The molecule has 1 saturated carbocycles. The van der Waals surface area contributed by atoms with Crippen LogP contribution < -0.4 is 4.72 Å². The van der Waals surface area contributed by atoms with Crippen molar-refractivity contribution < 1.29 is 13.2 Å². The Hall–Kier alpha value is -0.690. The van der Waals surface area contributed by atoms with E-state index in [0.717, 1.165) is 12.5 Å². The Morgan fingerprint density at radius 2 is 2.26 bits per heavy atom. The van der Waals surface area contributed by atoms with Gasteiger partial charge in [-0.2, -0.15) is 0 Å². The molecule has 0 unspecified atom stereocenters. The van der Waals surface area contributed by atoms with Crippen molar-refractivity contribution >= 4 is 21.6 Å². The van der Waals surface area contributed by atoms with Gasteiger partial charge in [0.25, 0.3) is 0 Å². The largest absolute Gasteiger partial charge is 0.381 e. The quantitative estimate of drug-likeness (QED) is 0.588. The van der Waals surface area contributed by atoms with E-state index in [4.69, 9.17) is 16.3 Å². The lowest BCUT2D eigenvalue weighted by atomic mass is 10.4. The molecule has 5 nitrogen and oxygen atoms in total. The predicted octanol–water partition coefficient (Wildman–Crippen LogP) is 1.83. The van der Waals surface area contributed by atoms with Crippen molar-refractivity contribution in [1.82, 2.24) is 9.71 Å². The molecule has 1 N–H and O–H groups in total. The first-order valence-corrected chi connectivity index (χ1v) is 8.13. The molecule has 2 rings (SSSR count). The minimum absolute atomic E-state index is 0.131. The van der Waals surface area contributed by atoms with Crippen LogP contribution in [0.2, 0.25) is 5.15 Å². The third kappa shape index (κ3) is 5.06. The van der Waals surface area contributed by atoms with Gasteiger partial charge in [-0.05, 0) is 37.3 Å². The second-order valence-electron chi connectivity index (χ2n) is 4.58. The fraction of sp³-hybridized carbons (Fsp3) is 0.583. The van der Waals surface area contributed by atoms with Crippen LogP contribution in [0, 0.1) is 5.92 Å². The summed E-state index contributed by atoms with van der Waals surface area (Å²) in [4.78, 5) is 3.88. The van der Waals surface area contributed by atoms with Crippen molar-refractivity contribution in [3.05, 3.63) is 23.5 Å². The van der Waals surface area contributed by atoms with E-state index < -0.39 is 10.0 Å². The Morgan fingerprint density at radius 1 is 1.47 bits per heavy atom. The summed E-state index contributed by atoms with van der Waals surface area (Å²) in [6.07, 6.45) is 4.55. The van der Waals surface area contributed by atoms with Crippen molar-refractivity contribution in [3.8, 4) is 0 Å². The number of hydrogen-bond acceptors (Lipinski definition) is 4. The summed E-state index contributed by atoms with van der Waals surface area (Å²) in [5.74, 6) is 0.732. The number of sulfonamides is 1. The van der Waals surface area contributed by atoms with E-state index in [1.165, 1.54) is 31.2 Å². The molecule has 19 heavy (non-hydrogen) atoms. The van der Waals surface area contributed by atoms with Gasteiger partial charge >= 0.3 is 0 Å². The van der Waals surface area contributed by atoms with Crippen LogP contribution in [0.1, 0.15) is 19.3 Å². The predicted molar refractivity (Wildman–Crippen MR) is 72.6 cm³/mol. The second kappa shape index (κ2) is 6.65. The van der Waals surface area contributed by atoms with Gasteiger partial charge in [0.05, 0.1) is 4.90 Å². The molecular formula is C12H17ClN2O3S.